The Morgan fingerprint density at radius 2 is 2.29 bits per heavy atom. The fourth-order valence-electron chi connectivity index (χ4n) is 1.25. The lowest BCUT2D eigenvalue weighted by Gasteiger charge is -2.00. The Morgan fingerprint density at radius 1 is 1.43 bits per heavy atom. The minimum Gasteiger partial charge on any atom is -0.423 e. The van der Waals surface area contributed by atoms with Gasteiger partial charge in [0.05, 0.1) is 0 Å². The smallest absolute Gasteiger partial charge is 0.335 e. The summed E-state index contributed by atoms with van der Waals surface area (Å²) in [6.45, 7) is 3.33. The monoisotopic (exact) mass is 187 g/mol. The summed E-state index contributed by atoms with van der Waals surface area (Å²) in [4.78, 5) is 14.0. The largest absolute Gasteiger partial charge is 0.423 e. The minimum atomic E-state index is -0.445. The second kappa shape index (κ2) is 3.38. The number of esters is 1. The van der Waals surface area contributed by atoms with Crippen LogP contribution in [0.4, 0.5) is 0 Å². The van der Waals surface area contributed by atoms with E-state index in [1.165, 1.54) is 0 Å². The van der Waals surface area contributed by atoms with E-state index in [2.05, 4.69) is 11.6 Å². The molecule has 0 aliphatic heterocycles. The molecule has 2 rings (SSSR count). The Kier molecular flexibility index (Phi) is 2.07. The molecule has 0 amide bonds. The lowest BCUT2D eigenvalue weighted by molar-refractivity contribution is -0.128. The zero-order valence-electron chi connectivity index (χ0n) is 7.49. The minimum absolute atomic E-state index is 0.445. The molecule has 2 aromatic rings. The number of carbonyl (C=O) groups is 1. The molecule has 14 heavy (non-hydrogen) atoms. The molecule has 0 aliphatic rings. The second-order valence-electron chi connectivity index (χ2n) is 2.85. The van der Waals surface area contributed by atoms with Crippen LogP contribution in [0.15, 0.2) is 43.1 Å². The number of ether oxygens (including phenoxy) is 1. The average molecular weight is 187 g/mol. The summed E-state index contributed by atoms with van der Waals surface area (Å²) < 4.78 is 4.97. The van der Waals surface area contributed by atoms with E-state index in [4.69, 9.17) is 4.74 Å². The van der Waals surface area contributed by atoms with E-state index in [9.17, 15) is 4.79 Å². The molecule has 0 bridgehead atoms. The van der Waals surface area contributed by atoms with Gasteiger partial charge in [0.1, 0.15) is 5.75 Å². The van der Waals surface area contributed by atoms with E-state index in [-0.39, 0.29) is 0 Å². The van der Waals surface area contributed by atoms with Crippen molar-refractivity contribution < 1.29 is 9.53 Å². The number of hydrogen-bond donors (Lipinski definition) is 1. The topological polar surface area (TPSA) is 42.1 Å². The van der Waals surface area contributed by atoms with Crippen molar-refractivity contribution in [1.29, 1.82) is 0 Å². The summed E-state index contributed by atoms with van der Waals surface area (Å²) in [6.07, 6.45) is 2.98. The fraction of sp³-hybridized carbons (Fsp3) is 0. The highest BCUT2D eigenvalue weighted by Gasteiger charge is 2.01. The van der Waals surface area contributed by atoms with Crippen LogP contribution in [0.2, 0.25) is 0 Å². The quantitative estimate of drug-likeness (QED) is 0.445. The summed E-state index contributed by atoms with van der Waals surface area (Å²) in [5.74, 6) is 0.0851. The van der Waals surface area contributed by atoms with Crippen molar-refractivity contribution in [2.45, 2.75) is 0 Å². The number of aromatic nitrogens is 1. The van der Waals surface area contributed by atoms with Crippen LogP contribution in [-0.4, -0.2) is 11.0 Å². The van der Waals surface area contributed by atoms with E-state index in [1.807, 2.05) is 18.3 Å². The van der Waals surface area contributed by atoms with Crippen molar-refractivity contribution in [3.8, 4) is 5.75 Å². The summed E-state index contributed by atoms with van der Waals surface area (Å²) in [6, 6.07) is 7.31. The SMILES string of the molecule is C=CC(=O)Oc1ccc2[nH]ccc2c1. The fourth-order valence-corrected chi connectivity index (χ4v) is 1.25. The lowest BCUT2D eigenvalue weighted by Crippen LogP contribution is -2.02. The van der Waals surface area contributed by atoms with Crippen molar-refractivity contribution >= 4 is 16.9 Å². The molecule has 0 atom stereocenters. The van der Waals surface area contributed by atoms with Gasteiger partial charge in [0.2, 0.25) is 0 Å². The molecular formula is C11H9NO2. The van der Waals surface area contributed by atoms with Gasteiger partial charge in [0.25, 0.3) is 0 Å². The van der Waals surface area contributed by atoms with Crippen LogP contribution in [0.25, 0.3) is 10.9 Å². The molecule has 0 saturated carbocycles. The molecule has 70 valence electrons. The standard InChI is InChI=1S/C11H9NO2/c1-2-11(13)14-9-3-4-10-8(7-9)5-6-12-10/h2-7,12H,1H2. The van der Waals surface area contributed by atoms with Crippen molar-refractivity contribution in [3.05, 3.63) is 43.1 Å². The van der Waals surface area contributed by atoms with Gasteiger partial charge in [-0.05, 0) is 24.3 Å². The summed E-state index contributed by atoms with van der Waals surface area (Å²) in [5, 5.41) is 1.01. The number of aromatic amines is 1. The van der Waals surface area contributed by atoms with Crippen LogP contribution in [0, 0.1) is 0 Å². The zero-order valence-corrected chi connectivity index (χ0v) is 7.49. The van der Waals surface area contributed by atoms with Gasteiger partial charge in [-0.1, -0.05) is 6.58 Å². The first kappa shape index (κ1) is 8.56. The van der Waals surface area contributed by atoms with Gasteiger partial charge in [-0.3, -0.25) is 0 Å². The third kappa shape index (κ3) is 1.52. The van der Waals surface area contributed by atoms with Gasteiger partial charge in [-0.2, -0.15) is 0 Å². The van der Waals surface area contributed by atoms with Crippen molar-refractivity contribution in [2.75, 3.05) is 0 Å². The van der Waals surface area contributed by atoms with Crippen molar-refractivity contribution in [2.24, 2.45) is 0 Å². The molecule has 1 N–H and O–H groups in total. The summed E-state index contributed by atoms with van der Waals surface area (Å²) >= 11 is 0. The summed E-state index contributed by atoms with van der Waals surface area (Å²) in [5.41, 5.74) is 1.02. The van der Waals surface area contributed by atoms with Crippen LogP contribution in [-0.2, 0) is 4.79 Å². The third-order valence-electron chi connectivity index (χ3n) is 1.91. The number of H-pyrrole nitrogens is 1. The predicted octanol–water partition coefficient (Wildman–Crippen LogP) is 2.26. The maximum Gasteiger partial charge on any atom is 0.335 e. The molecule has 0 unspecified atom stereocenters. The second-order valence-corrected chi connectivity index (χ2v) is 2.85. The number of benzene rings is 1. The summed E-state index contributed by atoms with van der Waals surface area (Å²) in [7, 11) is 0. The van der Waals surface area contributed by atoms with Crippen LogP contribution in [0.5, 0.6) is 5.75 Å². The first-order chi connectivity index (χ1) is 6.79. The van der Waals surface area contributed by atoms with E-state index >= 15 is 0 Å². The molecule has 0 spiro atoms. The Labute approximate surface area is 81.0 Å². The Morgan fingerprint density at radius 3 is 3.07 bits per heavy atom. The van der Waals surface area contributed by atoms with Crippen LogP contribution in [0.3, 0.4) is 0 Å². The highest BCUT2D eigenvalue weighted by molar-refractivity contribution is 5.85. The molecule has 1 aromatic heterocycles. The Bertz CT molecular complexity index is 485. The normalized spacial score (nSPS) is 10.0. The highest BCUT2D eigenvalue weighted by Crippen LogP contribution is 2.19. The number of carbonyl (C=O) groups excluding carboxylic acids is 1. The van der Waals surface area contributed by atoms with E-state index in [0.717, 1.165) is 17.0 Å². The Balaban J connectivity index is 2.34. The average Bonchev–Trinajstić information content (AvgIpc) is 2.64. The van der Waals surface area contributed by atoms with E-state index < -0.39 is 5.97 Å². The molecule has 1 aromatic carbocycles. The molecular weight excluding hydrogens is 178 g/mol. The van der Waals surface area contributed by atoms with Gasteiger partial charge < -0.3 is 9.72 Å². The van der Waals surface area contributed by atoms with Gasteiger partial charge in [0.15, 0.2) is 0 Å². The predicted molar refractivity (Wildman–Crippen MR) is 54.1 cm³/mol. The molecule has 0 fully saturated rings. The van der Waals surface area contributed by atoms with Crippen LogP contribution >= 0.6 is 0 Å². The van der Waals surface area contributed by atoms with Gasteiger partial charge in [-0.25, -0.2) is 4.79 Å². The van der Waals surface area contributed by atoms with Gasteiger partial charge >= 0.3 is 5.97 Å². The first-order valence-electron chi connectivity index (χ1n) is 4.21. The number of nitrogens with one attached hydrogen (secondary N) is 1. The van der Waals surface area contributed by atoms with Crippen molar-refractivity contribution in [3.63, 3.8) is 0 Å². The molecule has 0 radical (unpaired) electrons. The number of hydrogen-bond acceptors (Lipinski definition) is 2. The maximum absolute atomic E-state index is 10.9. The van der Waals surface area contributed by atoms with E-state index in [0.29, 0.717) is 5.75 Å². The number of rotatable bonds is 2. The molecule has 1 heterocycles. The molecule has 0 aliphatic carbocycles. The first-order valence-corrected chi connectivity index (χ1v) is 4.21. The third-order valence-corrected chi connectivity index (χ3v) is 1.91. The zero-order chi connectivity index (χ0) is 9.97. The maximum atomic E-state index is 10.9. The van der Waals surface area contributed by atoms with Crippen LogP contribution < -0.4 is 4.74 Å². The Hall–Kier alpha value is -2.03. The van der Waals surface area contributed by atoms with Gasteiger partial charge in [-0.15, -0.1) is 0 Å². The van der Waals surface area contributed by atoms with E-state index in [1.54, 1.807) is 12.1 Å². The number of fused-ring (bicyclic) bond motifs is 1. The molecule has 3 nitrogen and oxygen atoms in total. The lowest BCUT2D eigenvalue weighted by atomic mass is 10.2. The highest BCUT2D eigenvalue weighted by atomic mass is 16.5. The van der Waals surface area contributed by atoms with Crippen LogP contribution in [0.1, 0.15) is 0 Å². The molecule has 3 heteroatoms. The van der Waals surface area contributed by atoms with Crippen molar-refractivity contribution in [1.82, 2.24) is 4.98 Å². The molecule has 0 saturated heterocycles. The van der Waals surface area contributed by atoms with Gasteiger partial charge in [0, 0.05) is 23.2 Å².